The third-order valence-corrected chi connectivity index (χ3v) is 2.85. The summed E-state index contributed by atoms with van der Waals surface area (Å²) in [5.74, 6) is -0.803. The van der Waals surface area contributed by atoms with Gasteiger partial charge in [0.25, 0.3) is 5.91 Å². The van der Waals surface area contributed by atoms with E-state index in [0.29, 0.717) is 19.7 Å². The van der Waals surface area contributed by atoms with Gasteiger partial charge in [-0.3, -0.25) is 4.79 Å². The van der Waals surface area contributed by atoms with Crippen LogP contribution in [0.25, 0.3) is 0 Å². The van der Waals surface area contributed by atoms with E-state index in [1.807, 2.05) is 6.92 Å². The third-order valence-electron chi connectivity index (χ3n) is 2.85. The summed E-state index contributed by atoms with van der Waals surface area (Å²) in [6.45, 7) is 3.59. The molecule has 1 aliphatic heterocycles. The summed E-state index contributed by atoms with van der Waals surface area (Å²) in [5.41, 5.74) is 5.73. The minimum atomic E-state index is -0.563. The van der Waals surface area contributed by atoms with Gasteiger partial charge in [0.05, 0.1) is 17.9 Å². The van der Waals surface area contributed by atoms with E-state index in [1.54, 1.807) is 4.90 Å². The molecule has 0 bridgehead atoms. The number of rotatable bonds is 1. The molecule has 0 spiro atoms. The summed E-state index contributed by atoms with van der Waals surface area (Å²) in [6, 6.07) is 1.13. The Balaban J connectivity index is 2.21. The largest absolute Gasteiger partial charge is 0.383 e. The highest BCUT2D eigenvalue weighted by atomic mass is 19.1. The van der Waals surface area contributed by atoms with Crippen molar-refractivity contribution in [2.75, 3.05) is 25.4 Å². The van der Waals surface area contributed by atoms with Crippen molar-refractivity contribution in [2.45, 2.75) is 19.4 Å². The maximum Gasteiger partial charge on any atom is 0.257 e. The Kier molecular flexibility index (Phi) is 3.76. The molecule has 0 aromatic carbocycles. The van der Waals surface area contributed by atoms with Crippen molar-refractivity contribution in [3.05, 3.63) is 23.6 Å². The van der Waals surface area contributed by atoms with Crippen LogP contribution in [0.1, 0.15) is 23.7 Å². The number of nitrogens with two attached hydrogens (primary N) is 1. The van der Waals surface area contributed by atoms with Crippen LogP contribution in [0, 0.1) is 5.82 Å². The van der Waals surface area contributed by atoms with Crippen LogP contribution in [0.4, 0.5) is 10.2 Å². The highest BCUT2D eigenvalue weighted by Gasteiger charge is 2.23. The Bertz CT molecular complexity index is 453. The molecule has 1 aliphatic rings. The molecule has 18 heavy (non-hydrogen) atoms. The topological polar surface area (TPSA) is 68.5 Å². The summed E-state index contributed by atoms with van der Waals surface area (Å²) < 4.78 is 18.6. The van der Waals surface area contributed by atoms with Crippen LogP contribution in [-0.2, 0) is 4.74 Å². The first-order valence-corrected chi connectivity index (χ1v) is 5.90. The van der Waals surface area contributed by atoms with Crippen LogP contribution < -0.4 is 5.73 Å². The molecule has 0 radical (unpaired) electrons. The quantitative estimate of drug-likeness (QED) is 0.812. The van der Waals surface area contributed by atoms with E-state index in [0.717, 1.165) is 18.7 Å². The molecule has 1 amide bonds. The molecule has 1 unspecified atom stereocenters. The third kappa shape index (κ3) is 2.76. The molecule has 2 heterocycles. The van der Waals surface area contributed by atoms with Crippen LogP contribution >= 0.6 is 0 Å². The Labute approximate surface area is 105 Å². The van der Waals surface area contributed by atoms with E-state index in [9.17, 15) is 9.18 Å². The fourth-order valence-electron chi connectivity index (χ4n) is 1.97. The number of hydrogen-bond acceptors (Lipinski definition) is 4. The van der Waals surface area contributed by atoms with Gasteiger partial charge in [-0.25, -0.2) is 9.37 Å². The van der Waals surface area contributed by atoms with E-state index in [4.69, 9.17) is 10.5 Å². The minimum absolute atomic E-state index is 0.0285. The van der Waals surface area contributed by atoms with Crippen LogP contribution in [0.2, 0.25) is 0 Å². The number of aromatic nitrogens is 1. The molecule has 1 fully saturated rings. The minimum Gasteiger partial charge on any atom is -0.383 e. The first-order chi connectivity index (χ1) is 8.58. The molecule has 98 valence electrons. The van der Waals surface area contributed by atoms with Gasteiger partial charge in [0, 0.05) is 19.7 Å². The SMILES string of the molecule is CC1CN(C(=O)c2cc(F)cnc2N)CCCO1. The lowest BCUT2D eigenvalue weighted by atomic mass is 10.2. The zero-order valence-corrected chi connectivity index (χ0v) is 10.2. The molecule has 1 atom stereocenters. The van der Waals surface area contributed by atoms with Gasteiger partial charge in [-0.1, -0.05) is 0 Å². The van der Waals surface area contributed by atoms with Gasteiger partial charge in [-0.2, -0.15) is 0 Å². The molecule has 6 heteroatoms. The van der Waals surface area contributed by atoms with E-state index in [2.05, 4.69) is 4.98 Å². The molecule has 2 rings (SSSR count). The van der Waals surface area contributed by atoms with Gasteiger partial charge in [-0.05, 0) is 19.4 Å². The first-order valence-electron chi connectivity index (χ1n) is 5.90. The molecule has 2 N–H and O–H groups in total. The van der Waals surface area contributed by atoms with Crippen LogP contribution in [-0.4, -0.2) is 41.6 Å². The molecule has 0 aliphatic carbocycles. The number of pyridine rings is 1. The number of carbonyl (C=O) groups is 1. The van der Waals surface area contributed by atoms with Gasteiger partial charge < -0.3 is 15.4 Å². The number of ether oxygens (including phenoxy) is 1. The molecule has 1 aromatic rings. The van der Waals surface area contributed by atoms with Crippen LogP contribution in [0.15, 0.2) is 12.3 Å². The van der Waals surface area contributed by atoms with E-state index in [-0.39, 0.29) is 23.4 Å². The Morgan fingerprint density at radius 3 is 3.22 bits per heavy atom. The van der Waals surface area contributed by atoms with Crippen molar-refractivity contribution in [1.82, 2.24) is 9.88 Å². The van der Waals surface area contributed by atoms with Crippen molar-refractivity contribution in [3.63, 3.8) is 0 Å². The second-order valence-electron chi connectivity index (χ2n) is 4.37. The smallest absolute Gasteiger partial charge is 0.257 e. The monoisotopic (exact) mass is 253 g/mol. The van der Waals surface area contributed by atoms with Crippen molar-refractivity contribution in [3.8, 4) is 0 Å². The highest BCUT2D eigenvalue weighted by Crippen LogP contribution is 2.15. The number of nitrogens with zero attached hydrogens (tertiary/aromatic N) is 2. The zero-order chi connectivity index (χ0) is 13.1. The summed E-state index contributed by atoms with van der Waals surface area (Å²) in [5, 5.41) is 0. The fourth-order valence-corrected chi connectivity index (χ4v) is 1.97. The molecular weight excluding hydrogens is 237 g/mol. The van der Waals surface area contributed by atoms with Crippen LogP contribution in [0.5, 0.6) is 0 Å². The van der Waals surface area contributed by atoms with Gasteiger partial charge in [0.1, 0.15) is 11.6 Å². The van der Waals surface area contributed by atoms with Crippen LogP contribution in [0.3, 0.4) is 0 Å². The lowest BCUT2D eigenvalue weighted by Crippen LogP contribution is -2.36. The van der Waals surface area contributed by atoms with Crippen molar-refractivity contribution in [2.24, 2.45) is 0 Å². The molecule has 5 nitrogen and oxygen atoms in total. The highest BCUT2D eigenvalue weighted by molar-refractivity contribution is 5.98. The number of amides is 1. The van der Waals surface area contributed by atoms with Crippen molar-refractivity contribution < 1.29 is 13.9 Å². The van der Waals surface area contributed by atoms with Gasteiger partial charge >= 0.3 is 0 Å². The number of anilines is 1. The first kappa shape index (κ1) is 12.8. The van der Waals surface area contributed by atoms with Gasteiger partial charge in [-0.15, -0.1) is 0 Å². The summed E-state index contributed by atoms with van der Waals surface area (Å²) in [6.07, 6.45) is 1.73. The Hall–Kier alpha value is -1.69. The zero-order valence-electron chi connectivity index (χ0n) is 10.2. The fraction of sp³-hybridized carbons (Fsp3) is 0.500. The summed E-state index contributed by atoms with van der Waals surface area (Å²) in [4.78, 5) is 17.5. The lowest BCUT2D eigenvalue weighted by molar-refractivity contribution is 0.0563. The normalized spacial score (nSPS) is 20.6. The Morgan fingerprint density at radius 2 is 2.44 bits per heavy atom. The van der Waals surface area contributed by atoms with Crippen molar-refractivity contribution >= 4 is 11.7 Å². The molecule has 1 aromatic heterocycles. The Morgan fingerprint density at radius 1 is 1.67 bits per heavy atom. The number of halogens is 1. The van der Waals surface area contributed by atoms with Gasteiger partial charge in [0.15, 0.2) is 0 Å². The average Bonchev–Trinajstić information content (AvgIpc) is 2.56. The predicted molar refractivity (Wildman–Crippen MR) is 64.5 cm³/mol. The lowest BCUT2D eigenvalue weighted by Gasteiger charge is -2.22. The standard InChI is InChI=1S/C12H16FN3O2/c1-8-7-16(3-2-4-18-8)12(17)10-5-9(13)6-15-11(10)14/h5-6,8H,2-4,7H2,1H3,(H2,14,15). The maximum atomic E-state index is 13.1. The molecule has 1 saturated heterocycles. The number of hydrogen-bond donors (Lipinski definition) is 1. The van der Waals surface area contributed by atoms with E-state index in [1.165, 1.54) is 0 Å². The van der Waals surface area contributed by atoms with Crippen molar-refractivity contribution in [1.29, 1.82) is 0 Å². The maximum absolute atomic E-state index is 13.1. The average molecular weight is 253 g/mol. The number of carbonyl (C=O) groups excluding carboxylic acids is 1. The molecular formula is C12H16FN3O2. The second kappa shape index (κ2) is 5.30. The van der Waals surface area contributed by atoms with Gasteiger partial charge in [0.2, 0.25) is 0 Å². The molecule has 0 saturated carbocycles. The van der Waals surface area contributed by atoms with E-state index >= 15 is 0 Å². The number of nitrogen functional groups attached to an aromatic ring is 1. The predicted octanol–water partition coefficient (Wildman–Crippen LogP) is 1.05. The summed E-state index contributed by atoms with van der Waals surface area (Å²) >= 11 is 0. The summed E-state index contributed by atoms with van der Waals surface area (Å²) in [7, 11) is 0. The second-order valence-corrected chi connectivity index (χ2v) is 4.37. The van der Waals surface area contributed by atoms with E-state index < -0.39 is 5.82 Å².